The molecule has 2 atom stereocenters. The molecule has 1 saturated heterocycles. The molecule has 1 aliphatic rings. The molecular formula is C14H17Cl2FN2O3S. The van der Waals surface area contributed by atoms with Gasteiger partial charge in [-0.05, 0) is 19.2 Å². The number of rotatable bonds is 5. The second-order valence-electron chi connectivity index (χ2n) is 5.64. The van der Waals surface area contributed by atoms with Crippen LogP contribution < -0.4 is 5.32 Å². The summed E-state index contributed by atoms with van der Waals surface area (Å²) in [5, 5.41) is 2.27. The van der Waals surface area contributed by atoms with E-state index in [2.05, 4.69) is 5.32 Å². The first-order valence-corrected chi connectivity index (χ1v) is 9.57. The number of nitrogens with one attached hydrogen (secondary N) is 1. The predicted molar refractivity (Wildman–Crippen MR) is 88.0 cm³/mol. The van der Waals surface area contributed by atoms with E-state index in [1.54, 1.807) is 18.0 Å². The second-order valence-corrected chi connectivity index (χ2v) is 8.76. The summed E-state index contributed by atoms with van der Waals surface area (Å²) in [5.41, 5.74) is 0.308. The first kappa shape index (κ1) is 18.4. The lowest BCUT2D eigenvalue weighted by Gasteiger charge is -2.20. The Labute approximate surface area is 144 Å². The zero-order chi connectivity index (χ0) is 17.2. The Morgan fingerprint density at radius 3 is 2.70 bits per heavy atom. The highest BCUT2D eigenvalue weighted by Crippen LogP contribution is 2.20. The van der Waals surface area contributed by atoms with Gasteiger partial charge in [-0.15, -0.1) is 11.6 Å². The SMILES string of the molecule is CN(CC(=O)N[C@H]1CS(=O)(=O)C[C@@H]1Cl)Cc1c(F)cccc1Cl. The number of hydrogen-bond acceptors (Lipinski definition) is 4. The molecule has 0 saturated carbocycles. The number of carbonyl (C=O) groups excluding carboxylic acids is 1. The maximum absolute atomic E-state index is 13.7. The standard InChI is InChI=1S/C14H17Cl2FN2O3S/c1-19(5-9-10(15)3-2-4-12(9)17)6-14(20)18-13-8-23(21,22)7-11(13)16/h2-4,11,13H,5-8H2,1H3,(H,18,20)/t11-,13-/m0/s1. The van der Waals surface area contributed by atoms with Gasteiger partial charge in [0.05, 0.1) is 29.5 Å². The summed E-state index contributed by atoms with van der Waals surface area (Å²) in [7, 11) is -1.56. The zero-order valence-corrected chi connectivity index (χ0v) is 14.8. The molecule has 0 bridgehead atoms. The normalized spacial score (nSPS) is 23.2. The van der Waals surface area contributed by atoms with Crippen LogP contribution in [0.5, 0.6) is 0 Å². The van der Waals surface area contributed by atoms with Crippen LogP contribution in [0, 0.1) is 5.82 Å². The van der Waals surface area contributed by atoms with Crippen molar-refractivity contribution in [1.29, 1.82) is 0 Å². The van der Waals surface area contributed by atoms with Crippen LogP contribution in [0.15, 0.2) is 18.2 Å². The topological polar surface area (TPSA) is 66.5 Å². The Morgan fingerprint density at radius 1 is 1.43 bits per heavy atom. The summed E-state index contributed by atoms with van der Waals surface area (Å²) in [6.45, 7) is 0.136. The van der Waals surface area contributed by atoms with Crippen molar-refractivity contribution in [2.75, 3.05) is 25.1 Å². The lowest BCUT2D eigenvalue weighted by Crippen LogP contribution is -2.44. The highest BCUT2D eigenvalue weighted by Gasteiger charge is 2.37. The van der Waals surface area contributed by atoms with Gasteiger partial charge in [0.2, 0.25) is 5.91 Å². The van der Waals surface area contributed by atoms with Gasteiger partial charge in [0.15, 0.2) is 9.84 Å². The van der Waals surface area contributed by atoms with Crippen molar-refractivity contribution >= 4 is 38.9 Å². The summed E-state index contributed by atoms with van der Waals surface area (Å²) in [5.74, 6) is -1.10. The number of hydrogen-bond donors (Lipinski definition) is 1. The highest BCUT2D eigenvalue weighted by molar-refractivity contribution is 7.91. The van der Waals surface area contributed by atoms with E-state index in [0.717, 1.165) is 0 Å². The van der Waals surface area contributed by atoms with Crippen LogP contribution in [0.1, 0.15) is 5.56 Å². The molecule has 0 radical (unpaired) electrons. The van der Waals surface area contributed by atoms with Gasteiger partial charge in [-0.2, -0.15) is 0 Å². The van der Waals surface area contributed by atoms with E-state index in [9.17, 15) is 17.6 Å². The van der Waals surface area contributed by atoms with E-state index in [1.165, 1.54) is 12.1 Å². The zero-order valence-electron chi connectivity index (χ0n) is 12.4. The van der Waals surface area contributed by atoms with E-state index in [0.29, 0.717) is 10.6 Å². The predicted octanol–water partition coefficient (Wildman–Crippen LogP) is 1.43. The quantitative estimate of drug-likeness (QED) is 0.782. The number of carbonyl (C=O) groups is 1. The van der Waals surface area contributed by atoms with E-state index in [-0.39, 0.29) is 30.5 Å². The van der Waals surface area contributed by atoms with Crippen LogP contribution in [0.25, 0.3) is 0 Å². The molecule has 1 aromatic carbocycles. The van der Waals surface area contributed by atoms with Crippen LogP contribution in [0.3, 0.4) is 0 Å². The van der Waals surface area contributed by atoms with Crippen LogP contribution in [-0.4, -0.2) is 55.7 Å². The fourth-order valence-corrected chi connectivity index (χ4v) is 5.22. The molecule has 0 unspecified atom stereocenters. The summed E-state index contributed by atoms with van der Waals surface area (Å²) in [6, 6.07) is 3.79. The molecule has 0 spiro atoms. The molecule has 1 aromatic rings. The Balaban J connectivity index is 1.90. The average Bonchev–Trinajstić information content (AvgIpc) is 2.66. The van der Waals surface area contributed by atoms with Crippen LogP contribution in [-0.2, 0) is 21.2 Å². The van der Waals surface area contributed by atoms with Crippen LogP contribution in [0.2, 0.25) is 5.02 Å². The lowest BCUT2D eigenvalue weighted by molar-refractivity contribution is -0.122. The van der Waals surface area contributed by atoms with Gasteiger partial charge in [0.25, 0.3) is 0 Å². The summed E-state index contributed by atoms with van der Waals surface area (Å²) >= 11 is 11.9. The molecular weight excluding hydrogens is 366 g/mol. The molecule has 5 nitrogen and oxygen atoms in total. The van der Waals surface area contributed by atoms with Crippen molar-refractivity contribution in [2.45, 2.75) is 18.0 Å². The van der Waals surface area contributed by atoms with Crippen molar-refractivity contribution in [3.05, 3.63) is 34.6 Å². The number of amides is 1. The van der Waals surface area contributed by atoms with Crippen molar-refractivity contribution in [1.82, 2.24) is 10.2 Å². The summed E-state index contributed by atoms with van der Waals surface area (Å²) in [4.78, 5) is 13.6. The van der Waals surface area contributed by atoms with Crippen molar-refractivity contribution in [2.24, 2.45) is 0 Å². The monoisotopic (exact) mass is 382 g/mol. The lowest BCUT2D eigenvalue weighted by atomic mass is 10.2. The molecule has 0 aromatic heterocycles. The van der Waals surface area contributed by atoms with Crippen molar-refractivity contribution in [3.8, 4) is 0 Å². The minimum atomic E-state index is -3.21. The number of benzene rings is 1. The van der Waals surface area contributed by atoms with E-state index < -0.39 is 27.1 Å². The fourth-order valence-electron chi connectivity index (χ4n) is 2.44. The maximum atomic E-state index is 13.7. The Morgan fingerprint density at radius 2 is 2.13 bits per heavy atom. The Hall–Kier alpha value is -0.890. The Kier molecular flexibility index (Phi) is 5.89. The van der Waals surface area contributed by atoms with Gasteiger partial charge in [-0.25, -0.2) is 12.8 Å². The van der Waals surface area contributed by atoms with Gasteiger partial charge >= 0.3 is 0 Å². The van der Waals surface area contributed by atoms with Gasteiger partial charge in [-0.3, -0.25) is 9.69 Å². The van der Waals surface area contributed by atoms with Crippen molar-refractivity contribution in [3.63, 3.8) is 0 Å². The summed E-state index contributed by atoms with van der Waals surface area (Å²) in [6.07, 6.45) is 0. The smallest absolute Gasteiger partial charge is 0.234 e. The van der Waals surface area contributed by atoms with Gasteiger partial charge in [0.1, 0.15) is 5.82 Å². The van der Waals surface area contributed by atoms with E-state index in [1.807, 2.05) is 0 Å². The average molecular weight is 383 g/mol. The molecule has 128 valence electrons. The van der Waals surface area contributed by atoms with Gasteiger partial charge in [0, 0.05) is 17.1 Å². The van der Waals surface area contributed by atoms with E-state index in [4.69, 9.17) is 23.2 Å². The number of halogens is 3. The van der Waals surface area contributed by atoms with Gasteiger partial charge in [-0.1, -0.05) is 17.7 Å². The highest BCUT2D eigenvalue weighted by atomic mass is 35.5. The molecule has 1 amide bonds. The third kappa shape index (κ3) is 5.04. The number of nitrogens with zero attached hydrogens (tertiary/aromatic N) is 1. The van der Waals surface area contributed by atoms with Crippen LogP contribution >= 0.6 is 23.2 Å². The molecule has 9 heteroatoms. The summed E-state index contributed by atoms with van der Waals surface area (Å²) < 4.78 is 36.7. The fraction of sp³-hybridized carbons (Fsp3) is 0.500. The number of alkyl halides is 1. The largest absolute Gasteiger partial charge is 0.350 e. The molecule has 23 heavy (non-hydrogen) atoms. The van der Waals surface area contributed by atoms with Crippen molar-refractivity contribution < 1.29 is 17.6 Å². The molecule has 0 aliphatic carbocycles. The third-order valence-corrected chi connectivity index (χ3v) is 6.26. The third-order valence-electron chi connectivity index (χ3n) is 3.53. The number of sulfone groups is 1. The number of likely N-dealkylation sites (N-methyl/N-ethyl adjacent to an activating group) is 1. The minimum absolute atomic E-state index is 0.0230. The second kappa shape index (κ2) is 7.34. The molecule has 1 heterocycles. The molecule has 1 aliphatic heterocycles. The van der Waals surface area contributed by atoms with Crippen LogP contribution in [0.4, 0.5) is 4.39 Å². The van der Waals surface area contributed by atoms with Gasteiger partial charge < -0.3 is 5.32 Å². The van der Waals surface area contributed by atoms with E-state index >= 15 is 0 Å². The maximum Gasteiger partial charge on any atom is 0.234 e. The minimum Gasteiger partial charge on any atom is -0.350 e. The molecule has 1 fully saturated rings. The first-order chi connectivity index (χ1) is 10.7. The first-order valence-electron chi connectivity index (χ1n) is 6.93. The molecule has 2 rings (SSSR count). The Bertz CT molecular complexity index is 679. The molecule has 1 N–H and O–H groups in total.